The molecule has 0 unspecified atom stereocenters. The van der Waals surface area contributed by atoms with Gasteiger partial charge >= 0.3 is 0 Å². The molecule has 10 aromatic rings. The van der Waals surface area contributed by atoms with E-state index in [4.69, 9.17) is 4.74 Å². The molecule has 0 N–H and O–H groups in total. The van der Waals surface area contributed by atoms with Crippen LogP contribution in [0.3, 0.4) is 0 Å². The molecule has 1 heterocycles. The van der Waals surface area contributed by atoms with E-state index < -0.39 is 0 Å². The van der Waals surface area contributed by atoms with Crippen LogP contribution in [0.25, 0.3) is 32.3 Å². The van der Waals surface area contributed by atoms with E-state index >= 15 is 0 Å². The van der Waals surface area contributed by atoms with Gasteiger partial charge in [0.2, 0.25) is 6.71 Å². The van der Waals surface area contributed by atoms with Crippen LogP contribution in [0.5, 0.6) is 11.5 Å². The van der Waals surface area contributed by atoms with Gasteiger partial charge in [-0.2, -0.15) is 0 Å². The molecule has 1 aliphatic rings. The fourth-order valence-electron chi connectivity index (χ4n) is 8.91. The van der Waals surface area contributed by atoms with E-state index in [1.807, 2.05) is 0 Å². The van der Waals surface area contributed by atoms with Crippen LogP contribution in [0.15, 0.2) is 212 Å². The Morgan fingerprint density at radius 1 is 0.339 bits per heavy atom. The van der Waals surface area contributed by atoms with Gasteiger partial charge in [0, 0.05) is 49.7 Å². The minimum Gasteiger partial charge on any atom is -0.457 e. The third kappa shape index (κ3) is 5.15. The summed E-state index contributed by atoms with van der Waals surface area (Å²) < 4.78 is 7.16. The maximum Gasteiger partial charge on any atom is 0.247 e. The lowest BCUT2D eigenvalue weighted by Crippen LogP contribution is -2.51. The lowest BCUT2D eigenvalue weighted by Gasteiger charge is -2.32. The molecule has 4 heteroatoms. The van der Waals surface area contributed by atoms with Crippen molar-refractivity contribution in [1.29, 1.82) is 0 Å². The minimum atomic E-state index is -0.00701. The summed E-state index contributed by atoms with van der Waals surface area (Å²) >= 11 is 0. The maximum absolute atomic E-state index is 7.16. The highest BCUT2D eigenvalue weighted by molar-refractivity contribution is 6.97. The zero-order valence-electron chi connectivity index (χ0n) is 30.6. The minimum absolute atomic E-state index is 0.00701. The molecule has 0 fully saturated rings. The number of nitrogens with zero attached hydrogens (tertiary/aromatic N) is 2. The molecule has 0 amide bonds. The fourth-order valence-corrected chi connectivity index (χ4v) is 8.91. The van der Waals surface area contributed by atoms with Gasteiger partial charge < -0.3 is 14.5 Å². The number of rotatable bonds is 7. The van der Waals surface area contributed by atoms with E-state index in [0.717, 1.165) is 61.9 Å². The van der Waals surface area contributed by atoms with Gasteiger partial charge in [0.1, 0.15) is 11.5 Å². The van der Waals surface area contributed by atoms with Crippen LogP contribution in [0, 0.1) is 0 Å². The van der Waals surface area contributed by atoms with Crippen molar-refractivity contribution in [3.63, 3.8) is 0 Å². The Bertz CT molecular complexity index is 2910. The molecule has 0 saturated carbocycles. The molecule has 1 aliphatic heterocycles. The van der Waals surface area contributed by atoms with E-state index in [-0.39, 0.29) is 6.71 Å². The van der Waals surface area contributed by atoms with Gasteiger partial charge in [0.25, 0.3) is 0 Å². The first kappa shape index (κ1) is 32.2. The Morgan fingerprint density at radius 3 is 1.39 bits per heavy atom. The second kappa shape index (κ2) is 13.2. The van der Waals surface area contributed by atoms with Crippen molar-refractivity contribution in [2.45, 2.75) is 0 Å². The van der Waals surface area contributed by atoms with Crippen molar-refractivity contribution in [2.75, 3.05) is 9.80 Å². The van der Waals surface area contributed by atoms with Crippen molar-refractivity contribution in [1.82, 2.24) is 0 Å². The van der Waals surface area contributed by atoms with Crippen LogP contribution in [-0.4, -0.2) is 6.71 Å². The van der Waals surface area contributed by atoms with Gasteiger partial charge in [0.05, 0.1) is 11.4 Å². The summed E-state index contributed by atoms with van der Waals surface area (Å²) in [5.74, 6) is 1.75. The van der Waals surface area contributed by atoms with Gasteiger partial charge in [-0.05, 0) is 77.6 Å². The van der Waals surface area contributed by atoms with Crippen molar-refractivity contribution < 1.29 is 4.74 Å². The standard InChI is InChI=1S/C52H35BN2O/c1-6-18-37(19-7-1)53-44-28-16-17-29-48(44)56-49-34-43-47(55(40-24-12-4-13-25-40)41-26-14-5-15-27-41)35-46(42-32-30-36-31-33-45(53)52(49)50(36)51(42)43)54(38-20-8-2-9-21-38)39-22-10-3-11-23-39/h1-35H. The molecular weight excluding hydrogens is 679 g/mol. The summed E-state index contributed by atoms with van der Waals surface area (Å²) in [7, 11) is 0. The molecule has 3 nitrogen and oxygen atoms in total. The normalized spacial score (nSPS) is 12.0. The highest BCUT2D eigenvalue weighted by atomic mass is 16.5. The largest absolute Gasteiger partial charge is 0.457 e. The number of hydrogen-bond donors (Lipinski definition) is 0. The van der Waals surface area contributed by atoms with Crippen LogP contribution in [0.2, 0.25) is 0 Å². The molecule has 56 heavy (non-hydrogen) atoms. The average Bonchev–Trinajstić information content (AvgIpc) is 3.41. The first-order valence-electron chi connectivity index (χ1n) is 19.2. The summed E-state index contributed by atoms with van der Waals surface area (Å²) in [6.07, 6.45) is 0. The van der Waals surface area contributed by atoms with Gasteiger partial charge in [-0.25, -0.2) is 0 Å². The predicted octanol–water partition coefficient (Wildman–Crippen LogP) is 12.1. The zero-order chi connectivity index (χ0) is 37.0. The summed E-state index contributed by atoms with van der Waals surface area (Å²) in [6, 6.07) is 76.2. The predicted molar refractivity (Wildman–Crippen MR) is 237 cm³/mol. The van der Waals surface area contributed by atoms with Crippen molar-refractivity contribution in [3.8, 4) is 11.5 Å². The van der Waals surface area contributed by atoms with Crippen LogP contribution in [0.1, 0.15) is 0 Å². The molecule has 262 valence electrons. The average molecular weight is 715 g/mol. The number of benzene rings is 10. The third-order valence-electron chi connectivity index (χ3n) is 11.3. The fraction of sp³-hybridized carbons (Fsp3) is 0. The molecule has 0 aromatic heterocycles. The number of hydrogen-bond acceptors (Lipinski definition) is 3. The molecule has 0 bridgehead atoms. The summed E-state index contributed by atoms with van der Waals surface area (Å²) in [6.45, 7) is -0.00701. The summed E-state index contributed by atoms with van der Waals surface area (Å²) in [4.78, 5) is 4.80. The second-order valence-corrected chi connectivity index (χ2v) is 14.4. The molecule has 0 saturated heterocycles. The third-order valence-corrected chi connectivity index (χ3v) is 11.3. The van der Waals surface area contributed by atoms with E-state index in [2.05, 4.69) is 222 Å². The molecule has 10 aromatic carbocycles. The molecule has 0 atom stereocenters. The van der Waals surface area contributed by atoms with Gasteiger partial charge in [-0.15, -0.1) is 0 Å². The quantitative estimate of drug-likeness (QED) is 0.121. The van der Waals surface area contributed by atoms with Crippen molar-refractivity contribution in [3.05, 3.63) is 212 Å². The lowest BCUT2D eigenvalue weighted by atomic mass is 9.36. The second-order valence-electron chi connectivity index (χ2n) is 14.4. The van der Waals surface area contributed by atoms with Crippen LogP contribution >= 0.6 is 0 Å². The van der Waals surface area contributed by atoms with E-state index in [1.165, 1.54) is 32.5 Å². The molecule has 0 spiro atoms. The Balaban J connectivity index is 1.32. The Labute approximate surface area is 326 Å². The number of ether oxygens (including phenoxy) is 1. The molecule has 0 radical (unpaired) electrons. The first-order valence-corrected chi connectivity index (χ1v) is 19.2. The first-order chi connectivity index (χ1) is 27.8. The van der Waals surface area contributed by atoms with Crippen LogP contribution in [-0.2, 0) is 0 Å². The van der Waals surface area contributed by atoms with Crippen LogP contribution in [0.4, 0.5) is 34.1 Å². The highest BCUT2D eigenvalue weighted by Crippen LogP contribution is 2.52. The van der Waals surface area contributed by atoms with Gasteiger partial charge in [-0.3, -0.25) is 0 Å². The summed E-state index contributed by atoms with van der Waals surface area (Å²) in [5, 5.41) is 7.07. The number of anilines is 6. The maximum atomic E-state index is 7.16. The van der Waals surface area contributed by atoms with E-state index in [1.54, 1.807) is 0 Å². The lowest BCUT2D eigenvalue weighted by molar-refractivity contribution is 0.493. The molecular formula is C52H35BN2O. The molecule has 11 rings (SSSR count). The monoisotopic (exact) mass is 714 g/mol. The van der Waals surface area contributed by atoms with Crippen molar-refractivity contribution >= 4 is 89.5 Å². The Hall–Kier alpha value is -7.30. The zero-order valence-corrected chi connectivity index (χ0v) is 30.6. The smallest absolute Gasteiger partial charge is 0.247 e. The highest BCUT2D eigenvalue weighted by Gasteiger charge is 2.33. The van der Waals surface area contributed by atoms with E-state index in [0.29, 0.717) is 0 Å². The van der Waals surface area contributed by atoms with Crippen LogP contribution < -0.4 is 30.9 Å². The van der Waals surface area contributed by atoms with E-state index in [9.17, 15) is 0 Å². The van der Waals surface area contributed by atoms with Gasteiger partial charge in [0.15, 0.2) is 0 Å². The SMILES string of the molecule is c1ccc(B2c3ccccc3Oc3cc4c(N(c5ccccc5)c5ccccc5)cc(N(c5ccccc5)c5ccccc5)c5ccc6ccc2c3c6c54)cc1. The Morgan fingerprint density at radius 2 is 0.821 bits per heavy atom. The topological polar surface area (TPSA) is 15.7 Å². The van der Waals surface area contributed by atoms with Gasteiger partial charge in [-0.1, -0.05) is 157 Å². The van der Waals surface area contributed by atoms with Crippen molar-refractivity contribution in [2.24, 2.45) is 0 Å². The number of fused-ring (bicyclic) bond motifs is 1. The number of para-hydroxylation sites is 5. The Kier molecular flexibility index (Phi) is 7.60. The molecule has 0 aliphatic carbocycles. The summed E-state index contributed by atoms with van der Waals surface area (Å²) in [5.41, 5.74) is 10.2.